The topological polar surface area (TPSA) is 102 Å². The van der Waals surface area contributed by atoms with Gasteiger partial charge in [-0.25, -0.2) is 8.42 Å². The van der Waals surface area contributed by atoms with Crippen LogP contribution < -0.4 is 10.5 Å². The molecule has 7 heteroatoms. The molecule has 1 aliphatic rings. The molecule has 28 heavy (non-hydrogen) atoms. The van der Waals surface area contributed by atoms with Gasteiger partial charge in [0.05, 0.1) is 6.26 Å². The summed E-state index contributed by atoms with van der Waals surface area (Å²) < 4.78 is 25.6. The van der Waals surface area contributed by atoms with Gasteiger partial charge in [-0.15, -0.1) is 0 Å². The minimum atomic E-state index is -3.33. The highest BCUT2D eigenvalue weighted by Crippen LogP contribution is 2.32. The molecule has 0 fully saturated rings. The lowest BCUT2D eigenvalue weighted by atomic mass is 9.89. The molecule has 146 valence electrons. The molecule has 0 spiro atoms. The van der Waals surface area contributed by atoms with Gasteiger partial charge in [0, 0.05) is 24.5 Å². The number of hydrogen-bond donors (Lipinski definition) is 2. The standard InChI is InChI=1S/C21H23N3O3S/c1-28(26,27)24-19-6-2-4-16(13-19)20-9-7-15(18-5-3-11-23-14-18)12-17(20)8-10-21(22)25/h3,5-7,9,11-14,24H,2,4,8,10H2,1H3,(H2,22,25). The van der Waals surface area contributed by atoms with E-state index in [2.05, 4.69) is 15.8 Å². The second-order valence-electron chi connectivity index (χ2n) is 6.82. The molecule has 1 aromatic carbocycles. The summed E-state index contributed by atoms with van der Waals surface area (Å²) in [6.45, 7) is 0. The first-order valence-corrected chi connectivity index (χ1v) is 10.9. The van der Waals surface area contributed by atoms with Crippen molar-refractivity contribution < 1.29 is 13.2 Å². The van der Waals surface area contributed by atoms with Crippen LogP contribution in [0.1, 0.15) is 30.4 Å². The molecule has 0 unspecified atom stereocenters. The minimum absolute atomic E-state index is 0.251. The largest absolute Gasteiger partial charge is 0.370 e. The lowest BCUT2D eigenvalue weighted by molar-refractivity contribution is -0.117. The average molecular weight is 398 g/mol. The first-order valence-electron chi connectivity index (χ1n) is 9.02. The fourth-order valence-electron chi connectivity index (χ4n) is 3.28. The van der Waals surface area contributed by atoms with Crippen LogP contribution in [0.15, 0.2) is 60.6 Å². The second-order valence-corrected chi connectivity index (χ2v) is 8.57. The molecule has 6 nitrogen and oxygen atoms in total. The van der Waals surface area contributed by atoms with Crippen LogP contribution in [0.2, 0.25) is 0 Å². The van der Waals surface area contributed by atoms with Crippen LogP contribution in [0.3, 0.4) is 0 Å². The number of sulfonamides is 1. The quantitative estimate of drug-likeness (QED) is 0.750. The molecule has 1 aromatic heterocycles. The van der Waals surface area contributed by atoms with E-state index in [1.165, 1.54) is 0 Å². The number of rotatable bonds is 7. The van der Waals surface area contributed by atoms with Gasteiger partial charge in [-0.05, 0) is 59.2 Å². The Kier molecular flexibility index (Phi) is 5.94. The van der Waals surface area contributed by atoms with Gasteiger partial charge in [0.2, 0.25) is 15.9 Å². The summed E-state index contributed by atoms with van der Waals surface area (Å²) in [5.41, 5.74) is 11.0. The van der Waals surface area contributed by atoms with E-state index in [1.807, 2.05) is 36.4 Å². The lowest BCUT2D eigenvalue weighted by Crippen LogP contribution is -2.21. The van der Waals surface area contributed by atoms with E-state index in [0.717, 1.165) is 46.9 Å². The van der Waals surface area contributed by atoms with Crippen molar-refractivity contribution in [1.82, 2.24) is 9.71 Å². The third-order valence-corrected chi connectivity index (χ3v) is 5.10. The normalized spacial score (nSPS) is 14.2. The van der Waals surface area contributed by atoms with Crippen molar-refractivity contribution in [2.24, 2.45) is 5.73 Å². The molecule has 0 aliphatic heterocycles. The number of nitrogens with two attached hydrogens (primary N) is 1. The number of carbonyl (C=O) groups excluding carboxylic acids is 1. The van der Waals surface area contributed by atoms with Crippen molar-refractivity contribution in [3.05, 3.63) is 71.7 Å². The predicted octanol–water partition coefficient (Wildman–Crippen LogP) is 2.78. The number of pyridine rings is 1. The molecule has 3 rings (SSSR count). The van der Waals surface area contributed by atoms with Crippen LogP contribution in [0.4, 0.5) is 0 Å². The fourth-order valence-corrected chi connectivity index (χ4v) is 3.85. The Labute approximate surface area is 165 Å². The highest BCUT2D eigenvalue weighted by molar-refractivity contribution is 7.88. The first-order chi connectivity index (χ1) is 13.3. The number of aromatic nitrogens is 1. The average Bonchev–Trinajstić information content (AvgIpc) is 2.65. The monoisotopic (exact) mass is 397 g/mol. The highest BCUT2D eigenvalue weighted by atomic mass is 32.2. The zero-order chi connectivity index (χ0) is 20.1. The minimum Gasteiger partial charge on any atom is -0.370 e. The van der Waals surface area contributed by atoms with Gasteiger partial charge in [0.25, 0.3) is 0 Å². The summed E-state index contributed by atoms with van der Waals surface area (Å²) in [7, 11) is -3.33. The van der Waals surface area contributed by atoms with Gasteiger partial charge < -0.3 is 5.73 Å². The number of benzene rings is 1. The van der Waals surface area contributed by atoms with Gasteiger partial charge >= 0.3 is 0 Å². The Hall–Kier alpha value is -2.93. The zero-order valence-electron chi connectivity index (χ0n) is 15.7. The molecular formula is C21H23N3O3S. The van der Waals surface area contributed by atoms with E-state index < -0.39 is 10.0 Å². The summed E-state index contributed by atoms with van der Waals surface area (Å²) in [5.74, 6) is -0.352. The van der Waals surface area contributed by atoms with Crippen molar-refractivity contribution in [1.29, 1.82) is 0 Å². The maximum atomic E-state index is 11.6. The molecule has 0 radical (unpaired) electrons. The molecule has 1 amide bonds. The summed E-state index contributed by atoms with van der Waals surface area (Å²) in [4.78, 5) is 15.5. The molecule has 1 aliphatic carbocycles. The Morgan fingerprint density at radius 3 is 2.75 bits per heavy atom. The van der Waals surface area contributed by atoms with Gasteiger partial charge in [0.15, 0.2) is 0 Å². The van der Waals surface area contributed by atoms with E-state index in [1.54, 1.807) is 12.4 Å². The number of hydrogen-bond acceptors (Lipinski definition) is 4. The molecule has 0 atom stereocenters. The van der Waals surface area contributed by atoms with Gasteiger partial charge in [-0.2, -0.15) is 0 Å². The van der Waals surface area contributed by atoms with Crippen LogP contribution in [0.25, 0.3) is 16.7 Å². The van der Waals surface area contributed by atoms with Crippen LogP contribution in [0.5, 0.6) is 0 Å². The number of allylic oxidation sites excluding steroid dienone is 3. The van der Waals surface area contributed by atoms with Crippen molar-refractivity contribution in [3.63, 3.8) is 0 Å². The van der Waals surface area contributed by atoms with Crippen LogP contribution in [-0.2, 0) is 21.2 Å². The van der Waals surface area contributed by atoms with E-state index >= 15 is 0 Å². The SMILES string of the molecule is CS(=O)(=O)NC1=CCCC(c2ccc(-c3cccnc3)cc2CCC(N)=O)=C1. The smallest absolute Gasteiger partial charge is 0.229 e. The Balaban J connectivity index is 1.99. The van der Waals surface area contributed by atoms with E-state index in [0.29, 0.717) is 12.1 Å². The molecule has 0 saturated heterocycles. The lowest BCUT2D eigenvalue weighted by Gasteiger charge is -2.18. The third kappa shape index (κ3) is 5.29. The third-order valence-electron chi connectivity index (χ3n) is 4.50. The Bertz CT molecular complexity index is 1040. The second kappa shape index (κ2) is 8.39. The summed E-state index contributed by atoms with van der Waals surface area (Å²) >= 11 is 0. The maximum absolute atomic E-state index is 11.6. The molecule has 3 N–H and O–H groups in total. The maximum Gasteiger partial charge on any atom is 0.229 e. The summed E-state index contributed by atoms with van der Waals surface area (Å²) in [6.07, 6.45) is 10.7. The summed E-state index contributed by atoms with van der Waals surface area (Å²) in [6, 6.07) is 9.95. The van der Waals surface area contributed by atoms with Crippen LogP contribution >= 0.6 is 0 Å². The number of carbonyl (C=O) groups is 1. The molecule has 1 heterocycles. The molecule has 2 aromatic rings. The van der Waals surface area contributed by atoms with Crippen molar-refractivity contribution in [2.45, 2.75) is 25.7 Å². The van der Waals surface area contributed by atoms with Gasteiger partial charge in [0.1, 0.15) is 0 Å². The van der Waals surface area contributed by atoms with Crippen LogP contribution in [0, 0.1) is 0 Å². The Morgan fingerprint density at radius 2 is 2.07 bits per heavy atom. The zero-order valence-corrected chi connectivity index (χ0v) is 16.5. The van der Waals surface area contributed by atoms with Gasteiger partial charge in [-0.1, -0.05) is 30.3 Å². The molecule has 0 saturated carbocycles. The van der Waals surface area contributed by atoms with Crippen molar-refractivity contribution in [3.8, 4) is 11.1 Å². The number of nitrogens with zero attached hydrogens (tertiary/aromatic N) is 1. The first kappa shape index (κ1) is 19.8. The van der Waals surface area contributed by atoms with Crippen molar-refractivity contribution >= 4 is 21.5 Å². The molecular weight excluding hydrogens is 374 g/mol. The molecule has 0 bridgehead atoms. The number of nitrogens with one attached hydrogen (secondary N) is 1. The number of primary amides is 1. The number of aryl methyl sites for hydroxylation is 1. The summed E-state index contributed by atoms with van der Waals surface area (Å²) in [5, 5.41) is 0. The predicted molar refractivity (Wildman–Crippen MR) is 110 cm³/mol. The fraction of sp³-hybridized carbons (Fsp3) is 0.238. The van der Waals surface area contributed by atoms with Gasteiger partial charge in [-0.3, -0.25) is 14.5 Å². The van der Waals surface area contributed by atoms with Crippen LogP contribution in [-0.4, -0.2) is 25.6 Å². The van der Waals surface area contributed by atoms with E-state index in [-0.39, 0.29) is 12.3 Å². The Morgan fingerprint density at radius 1 is 1.25 bits per heavy atom. The van der Waals surface area contributed by atoms with E-state index in [9.17, 15) is 13.2 Å². The number of amides is 1. The van der Waals surface area contributed by atoms with E-state index in [4.69, 9.17) is 5.73 Å². The highest BCUT2D eigenvalue weighted by Gasteiger charge is 2.15. The van der Waals surface area contributed by atoms with Crippen molar-refractivity contribution in [2.75, 3.05) is 6.26 Å².